The van der Waals surface area contributed by atoms with Crippen LogP contribution in [0, 0.1) is 17.0 Å². The number of carbonyl (C=O) groups excluding carboxylic acids is 1. The number of nitrogens with two attached hydrogens (primary N) is 1. The predicted molar refractivity (Wildman–Crippen MR) is 66.7 cm³/mol. The van der Waals surface area contributed by atoms with Gasteiger partial charge in [-0.2, -0.15) is 0 Å². The van der Waals surface area contributed by atoms with Crippen molar-refractivity contribution in [1.82, 2.24) is 5.16 Å². The maximum absolute atomic E-state index is 11.9. The summed E-state index contributed by atoms with van der Waals surface area (Å²) in [6.07, 6.45) is 0. The number of carbonyl (C=O) groups is 1. The summed E-state index contributed by atoms with van der Waals surface area (Å²) in [7, 11) is 0. The standard InChI is InChI=1S/C11H10N4O4/c1-6-4-10(14-19-6)13-11(16)8-5-7(12)2-3-9(8)15(17)18/h2-5H,12H2,1H3,(H,13,14,16). The number of nitro groups is 1. The Labute approximate surface area is 107 Å². The van der Waals surface area contributed by atoms with Gasteiger partial charge >= 0.3 is 0 Å². The number of nitro benzene ring substituents is 1. The summed E-state index contributed by atoms with van der Waals surface area (Å²) in [5, 5.41) is 16.8. The Kier molecular flexibility index (Phi) is 3.15. The highest BCUT2D eigenvalue weighted by Crippen LogP contribution is 2.22. The van der Waals surface area contributed by atoms with E-state index in [1.54, 1.807) is 6.92 Å². The normalized spacial score (nSPS) is 10.2. The summed E-state index contributed by atoms with van der Waals surface area (Å²) in [6.45, 7) is 1.66. The van der Waals surface area contributed by atoms with Gasteiger partial charge in [0.1, 0.15) is 11.3 Å². The van der Waals surface area contributed by atoms with Gasteiger partial charge in [-0.15, -0.1) is 0 Å². The summed E-state index contributed by atoms with van der Waals surface area (Å²) in [6, 6.07) is 5.27. The van der Waals surface area contributed by atoms with Gasteiger partial charge in [0.15, 0.2) is 5.82 Å². The molecule has 1 aromatic carbocycles. The van der Waals surface area contributed by atoms with E-state index in [4.69, 9.17) is 10.3 Å². The van der Waals surface area contributed by atoms with Crippen LogP contribution in [0.5, 0.6) is 0 Å². The molecule has 19 heavy (non-hydrogen) atoms. The predicted octanol–water partition coefficient (Wildman–Crippen LogP) is 1.73. The van der Waals surface area contributed by atoms with E-state index in [0.717, 1.165) is 0 Å². The van der Waals surface area contributed by atoms with E-state index in [1.165, 1.54) is 24.3 Å². The lowest BCUT2D eigenvalue weighted by Gasteiger charge is -2.03. The fourth-order valence-corrected chi connectivity index (χ4v) is 1.50. The fraction of sp³-hybridized carbons (Fsp3) is 0.0909. The highest BCUT2D eigenvalue weighted by molar-refractivity contribution is 6.07. The first kappa shape index (κ1) is 12.6. The van der Waals surface area contributed by atoms with Crippen LogP contribution in [0.15, 0.2) is 28.8 Å². The Morgan fingerprint density at radius 3 is 2.79 bits per heavy atom. The number of anilines is 2. The second-order valence-electron chi connectivity index (χ2n) is 3.81. The van der Waals surface area contributed by atoms with Gasteiger partial charge in [-0.1, -0.05) is 5.16 Å². The van der Waals surface area contributed by atoms with Gasteiger partial charge in [0.05, 0.1) is 4.92 Å². The zero-order valence-corrected chi connectivity index (χ0v) is 9.91. The monoisotopic (exact) mass is 262 g/mol. The number of nitrogens with zero attached hydrogens (tertiary/aromatic N) is 2. The molecular formula is C11H10N4O4. The number of nitrogen functional groups attached to an aromatic ring is 1. The first-order chi connectivity index (χ1) is 8.97. The van der Waals surface area contributed by atoms with E-state index < -0.39 is 10.8 Å². The first-order valence-electron chi connectivity index (χ1n) is 5.26. The minimum Gasteiger partial charge on any atom is -0.399 e. The van der Waals surface area contributed by atoms with Crippen LogP contribution in [0.1, 0.15) is 16.1 Å². The number of benzene rings is 1. The van der Waals surface area contributed by atoms with Crippen LogP contribution in [0.2, 0.25) is 0 Å². The average molecular weight is 262 g/mol. The van der Waals surface area contributed by atoms with Crippen LogP contribution in [0.4, 0.5) is 17.2 Å². The smallest absolute Gasteiger partial charge is 0.282 e. The third-order valence-corrected chi connectivity index (χ3v) is 2.33. The van der Waals surface area contributed by atoms with Gasteiger partial charge in [-0.05, 0) is 19.1 Å². The minimum atomic E-state index is -0.674. The summed E-state index contributed by atoms with van der Waals surface area (Å²) in [5.41, 5.74) is 5.32. The van der Waals surface area contributed by atoms with Gasteiger partial charge in [-0.25, -0.2) is 0 Å². The van der Waals surface area contributed by atoms with Crippen LogP contribution in [-0.2, 0) is 0 Å². The van der Waals surface area contributed by atoms with E-state index >= 15 is 0 Å². The molecule has 98 valence electrons. The Morgan fingerprint density at radius 2 is 2.21 bits per heavy atom. The molecular weight excluding hydrogens is 252 g/mol. The Morgan fingerprint density at radius 1 is 1.47 bits per heavy atom. The molecule has 3 N–H and O–H groups in total. The minimum absolute atomic E-state index is 0.134. The van der Waals surface area contributed by atoms with Gasteiger partial charge < -0.3 is 15.6 Å². The molecule has 1 amide bonds. The second kappa shape index (κ2) is 4.77. The van der Waals surface area contributed by atoms with Crippen molar-refractivity contribution in [3.05, 3.63) is 45.7 Å². The van der Waals surface area contributed by atoms with E-state index in [2.05, 4.69) is 10.5 Å². The van der Waals surface area contributed by atoms with E-state index in [1.807, 2.05) is 0 Å². The van der Waals surface area contributed by atoms with Gasteiger partial charge in [0, 0.05) is 17.8 Å². The number of amides is 1. The topological polar surface area (TPSA) is 124 Å². The highest BCUT2D eigenvalue weighted by Gasteiger charge is 2.21. The van der Waals surface area contributed by atoms with Crippen molar-refractivity contribution in [2.75, 3.05) is 11.1 Å². The molecule has 0 aliphatic rings. The van der Waals surface area contributed by atoms with E-state index in [-0.39, 0.29) is 22.8 Å². The Balaban J connectivity index is 2.32. The molecule has 1 heterocycles. The third-order valence-electron chi connectivity index (χ3n) is 2.33. The van der Waals surface area contributed by atoms with Crippen molar-refractivity contribution in [1.29, 1.82) is 0 Å². The summed E-state index contributed by atoms with van der Waals surface area (Å²) in [4.78, 5) is 22.1. The quantitative estimate of drug-likeness (QED) is 0.493. The molecule has 0 spiro atoms. The van der Waals surface area contributed by atoms with Crippen LogP contribution >= 0.6 is 0 Å². The molecule has 0 aliphatic heterocycles. The zero-order chi connectivity index (χ0) is 14.0. The SMILES string of the molecule is Cc1cc(NC(=O)c2cc(N)ccc2[N+](=O)[O-])no1. The van der Waals surface area contributed by atoms with Crippen molar-refractivity contribution in [3.8, 4) is 0 Å². The lowest BCUT2D eigenvalue weighted by atomic mass is 10.1. The van der Waals surface area contributed by atoms with Crippen LogP contribution in [0.3, 0.4) is 0 Å². The molecule has 8 heteroatoms. The highest BCUT2D eigenvalue weighted by atomic mass is 16.6. The fourth-order valence-electron chi connectivity index (χ4n) is 1.50. The van der Waals surface area contributed by atoms with Crippen LogP contribution < -0.4 is 11.1 Å². The van der Waals surface area contributed by atoms with Crippen LogP contribution in [0.25, 0.3) is 0 Å². The lowest BCUT2D eigenvalue weighted by Crippen LogP contribution is -2.14. The number of aryl methyl sites for hydroxylation is 1. The van der Waals surface area contributed by atoms with Gasteiger partial charge in [0.25, 0.3) is 11.6 Å². The van der Waals surface area contributed by atoms with Gasteiger partial charge in [-0.3, -0.25) is 14.9 Å². The molecule has 1 aromatic heterocycles. The summed E-state index contributed by atoms with van der Waals surface area (Å²) >= 11 is 0. The average Bonchev–Trinajstić information content (AvgIpc) is 2.74. The molecule has 2 aromatic rings. The number of nitrogens with one attached hydrogen (secondary N) is 1. The van der Waals surface area contributed by atoms with E-state index in [0.29, 0.717) is 5.76 Å². The molecule has 0 aliphatic carbocycles. The molecule has 0 saturated carbocycles. The molecule has 0 fully saturated rings. The van der Waals surface area contributed by atoms with Crippen molar-refractivity contribution >= 4 is 23.1 Å². The van der Waals surface area contributed by atoms with Crippen molar-refractivity contribution in [2.45, 2.75) is 6.92 Å². The van der Waals surface area contributed by atoms with E-state index in [9.17, 15) is 14.9 Å². The molecule has 0 unspecified atom stereocenters. The summed E-state index contributed by atoms with van der Waals surface area (Å²) in [5.74, 6) is 0.0175. The maximum Gasteiger partial charge on any atom is 0.282 e. The van der Waals surface area contributed by atoms with Crippen molar-refractivity contribution < 1.29 is 14.2 Å². The molecule has 2 rings (SSSR count). The number of rotatable bonds is 3. The number of aromatic nitrogens is 1. The lowest BCUT2D eigenvalue weighted by molar-refractivity contribution is -0.385. The molecule has 8 nitrogen and oxygen atoms in total. The van der Waals surface area contributed by atoms with Crippen molar-refractivity contribution in [3.63, 3.8) is 0 Å². The molecule has 0 radical (unpaired) electrons. The second-order valence-corrected chi connectivity index (χ2v) is 3.81. The number of hydrogen-bond donors (Lipinski definition) is 2. The van der Waals surface area contributed by atoms with Gasteiger partial charge in [0.2, 0.25) is 0 Å². The Hall–Kier alpha value is -2.90. The molecule has 0 saturated heterocycles. The van der Waals surface area contributed by atoms with Crippen LogP contribution in [-0.4, -0.2) is 16.0 Å². The first-order valence-corrected chi connectivity index (χ1v) is 5.26. The van der Waals surface area contributed by atoms with Crippen molar-refractivity contribution in [2.24, 2.45) is 0 Å². The Bertz CT molecular complexity index is 650. The maximum atomic E-state index is 11.9. The number of hydrogen-bond acceptors (Lipinski definition) is 6. The molecule has 0 bridgehead atoms. The zero-order valence-electron chi connectivity index (χ0n) is 9.91. The third kappa shape index (κ3) is 2.68. The largest absolute Gasteiger partial charge is 0.399 e. The summed E-state index contributed by atoms with van der Waals surface area (Å²) < 4.78 is 4.78. The molecule has 0 atom stereocenters.